The Morgan fingerprint density at radius 3 is 2.82 bits per heavy atom. The van der Waals surface area contributed by atoms with Gasteiger partial charge in [0.05, 0.1) is 11.0 Å². The monoisotopic (exact) mass is 161 g/mol. The molecular formula is C9H4ClN. The molecule has 0 saturated carbocycles. The molecule has 0 amide bonds. The molecule has 0 aliphatic heterocycles. The molecule has 2 aromatic carbocycles. The minimum absolute atomic E-state index is 0.801. The predicted molar refractivity (Wildman–Crippen MR) is 46.6 cm³/mol. The molecule has 11 heavy (non-hydrogen) atoms. The van der Waals surface area contributed by atoms with E-state index in [-0.39, 0.29) is 0 Å². The summed E-state index contributed by atoms with van der Waals surface area (Å²) in [6.07, 6.45) is 0. The van der Waals surface area contributed by atoms with Crippen LogP contribution in [0.4, 0.5) is 0 Å². The van der Waals surface area contributed by atoms with Gasteiger partial charge in [-0.15, -0.1) is 0 Å². The Labute approximate surface area is 68.3 Å². The summed E-state index contributed by atoms with van der Waals surface area (Å²) in [6.45, 7) is 0. The van der Waals surface area contributed by atoms with Gasteiger partial charge in [0.1, 0.15) is 0 Å². The second-order valence-electron chi connectivity index (χ2n) is 2.72. The molecule has 4 rings (SSSR count). The SMILES string of the molecule is Clc1cc2ccc3nc2c3c1. The molecule has 4 aromatic rings. The van der Waals surface area contributed by atoms with Gasteiger partial charge in [0, 0.05) is 15.8 Å². The van der Waals surface area contributed by atoms with Gasteiger partial charge in [0.2, 0.25) is 0 Å². The van der Waals surface area contributed by atoms with Crippen molar-refractivity contribution in [3.8, 4) is 0 Å². The second-order valence-corrected chi connectivity index (χ2v) is 3.16. The highest BCUT2D eigenvalue weighted by atomic mass is 35.5. The van der Waals surface area contributed by atoms with Gasteiger partial charge in [-0.05, 0) is 18.2 Å². The summed E-state index contributed by atoms with van der Waals surface area (Å²) in [7, 11) is 0. The largest absolute Gasteiger partial charge is 0.247 e. The third-order valence-electron chi connectivity index (χ3n) is 2.03. The average molecular weight is 162 g/mol. The smallest absolute Gasteiger partial charge is 0.0804 e. The summed E-state index contributed by atoms with van der Waals surface area (Å²) in [5.41, 5.74) is 2.17. The molecule has 0 atom stereocenters. The van der Waals surface area contributed by atoms with Gasteiger partial charge < -0.3 is 0 Å². The summed E-state index contributed by atoms with van der Waals surface area (Å²) >= 11 is 5.87. The number of hydrogen-bond acceptors (Lipinski definition) is 1. The van der Waals surface area contributed by atoms with Crippen LogP contribution in [-0.2, 0) is 0 Å². The van der Waals surface area contributed by atoms with Crippen LogP contribution in [0.3, 0.4) is 0 Å². The number of pyridine rings is 1. The summed E-state index contributed by atoms with van der Waals surface area (Å²) in [4.78, 5) is 4.28. The van der Waals surface area contributed by atoms with Crippen LogP contribution >= 0.6 is 11.6 Å². The number of benzene rings is 2. The van der Waals surface area contributed by atoms with Crippen LogP contribution in [0.25, 0.3) is 21.8 Å². The Hall–Kier alpha value is -1.08. The van der Waals surface area contributed by atoms with Crippen LogP contribution in [0.5, 0.6) is 0 Å². The van der Waals surface area contributed by atoms with Gasteiger partial charge in [-0.1, -0.05) is 17.7 Å². The predicted octanol–water partition coefficient (Wildman–Crippen LogP) is 2.92. The number of halogens is 1. The highest BCUT2D eigenvalue weighted by Gasteiger charge is 2.09. The minimum atomic E-state index is 0.801. The van der Waals surface area contributed by atoms with Gasteiger partial charge in [-0.3, -0.25) is 0 Å². The normalized spacial score (nSPS) is 12.1. The number of nitrogens with zero attached hydrogens (tertiary/aromatic N) is 1. The van der Waals surface area contributed by atoms with E-state index in [0.717, 1.165) is 21.4 Å². The van der Waals surface area contributed by atoms with Crippen molar-refractivity contribution >= 4 is 33.4 Å². The van der Waals surface area contributed by atoms with Crippen LogP contribution in [0.1, 0.15) is 0 Å². The third-order valence-corrected chi connectivity index (χ3v) is 2.25. The highest BCUT2D eigenvalue weighted by Crippen LogP contribution is 2.31. The minimum Gasteiger partial charge on any atom is -0.247 e. The summed E-state index contributed by atoms with van der Waals surface area (Å²) < 4.78 is 0. The van der Waals surface area contributed by atoms with Crippen LogP contribution in [0.15, 0.2) is 24.3 Å². The van der Waals surface area contributed by atoms with E-state index in [4.69, 9.17) is 11.6 Å². The maximum atomic E-state index is 5.87. The molecule has 0 aliphatic carbocycles. The molecule has 0 fully saturated rings. The maximum Gasteiger partial charge on any atom is 0.0804 e. The molecule has 2 heteroatoms. The number of aromatic nitrogens is 1. The Morgan fingerprint density at radius 2 is 2.09 bits per heavy atom. The van der Waals surface area contributed by atoms with Gasteiger partial charge in [-0.2, -0.15) is 0 Å². The van der Waals surface area contributed by atoms with E-state index in [2.05, 4.69) is 11.1 Å². The lowest BCUT2D eigenvalue weighted by molar-refractivity contribution is 1.47. The topological polar surface area (TPSA) is 12.9 Å². The zero-order valence-corrected chi connectivity index (χ0v) is 6.39. The van der Waals surface area contributed by atoms with Crippen LogP contribution in [-0.4, -0.2) is 4.98 Å². The first-order valence-electron chi connectivity index (χ1n) is 3.45. The van der Waals surface area contributed by atoms with Crippen molar-refractivity contribution in [2.75, 3.05) is 0 Å². The van der Waals surface area contributed by atoms with Crippen molar-refractivity contribution in [3.05, 3.63) is 29.3 Å². The van der Waals surface area contributed by atoms with Crippen molar-refractivity contribution < 1.29 is 0 Å². The fourth-order valence-corrected chi connectivity index (χ4v) is 1.72. The highest BCUT2D eigenvalue weighted by molar-refractivity contribution is 6.33. The quantitative estimate of drug-likeness (QED) is 0.494. The van der Waals surface area contributed by atoms with E-state index < -0.39 is 0 Å². The summed E-state index contributed by atoms with van der Waals surface area (Å²) in [5, 5.41) is 3.15. The lowest BCUT2D eigenvalue weighted by Gasteiger charge is -2.09. The Balaban J connectivity index is 2.69. The molecule has 52 valence electrons. The fraction of sp³-hybridized carbons (Fsp3) is 0. The van der Waals surface area contributed by atoms with Crippen molar-refractivity contribution in [3.63, 3.8) is 0 Å². The van der Waals surface area contributed by atoms with E-state index in [9.17, 15) is 0 Å². The van der Waals surface area contributed by atoms with Gasteiger partial charge in [0.25, 0.3) is 0 Å². The third kappa shape index (κ3) is 0.548. The van der Waals surface area contributed by atoms with Gasteiger partial charge in [-0.25, -0.2) is 4.98 Å². The first-order chi connectivity index (χ1) is 5.34. The number of fused-ring (bicyclic) bond motifs is 1. The zero-order chi connectivity index (χ0) is 7.42. The summed E-state index contributed by atoms with van der Waals surface area (Å²) in [5.74, 6) is 0. The van der Waals surface area contributed by atoms with Crippen molar-refractivity contribution in [1.29, 1.82) is 0 Å². The number of rotatable bonds is 0. The Kier molecular flexibility index (Phi) is 0.789. The van der Waals surface area contributed by atoms with E-state index in [1.807, 2.05) is 18.2 Å². The van der Waals surface area contributed by atoms with Gasteiger partial charge >= 0.3 is 0 Å². The fourth-order valence-electron chi connectivity index (χ4n) is 1.49. The molecular weight excluding hydrogens is 158 g/mol. The molecule has 0 radical (unpaired) electrons. The first-order valence-corrected chi connectivity index (χ1v) is 3.83. The van der Waals surface area contributed by atoms with Crippen LogP contribution in [0, 0.1) is 0 Å². The molecule has 0 N–H and O–H groups in total. The Bertz CT molecular complexity index is 479. The van der Waals surface area contributed by atoms with Crippen LogP contribution < -0.4 is 0 Å². The van der Waals surface area contributed by atoms with E-state index in [1.54, 1.807) is 0 Å². The van der Waals surface area contributed by atoms with Crippen molar-refractivity contribution in [2.24, 2.45) is 0 Å². The summed E-state index contributed by atoms with van der Waals surface area (Å²) in [6, 6.07) is 7.98. The standard InChI is InChI=1S/C9H4ClN/c10-6-3-5-1-2-8-7(4-6)9(5)11-8/h1-4H. The molecule has 4 bridgehead atoms. The van der Waals surface area contributed by atoms with E-state index in [1.165, 1.54) is 5.39 Å². The molecule has 0 aliphatic rings. The molecule has 0 unspecified atom stereocenters. The molecule has 2 aromatic heterocycles. The zero-order valence-electron chi connectivity index (χ0n) is 5.63. The molecule has 1 nitrogen and oxygen atoms in total. The number of hydrogen-bond donors (Lipinski definition) is 0. The van der Waals surface area contributed by atoms with Crippen molar-refractivity contribution in [1.82, 2.24) is 4.98 Å². The molecule has 0 saturated heterocycles. The van der Waals surface area contributed by atoms with Crippen molar-refractivity contribution in [2.45, 2.75) is 0 Å². The van der Waals surface area contributed by atoms with E-state index >= 15 is 0 Å². The average Bonchev–Trinajstić information content (AvgIpc) is 1.98. The van der Waals surface area contributed by atoms with Crippen LogP contribution in [0.2, 0.25) is 5.02 Å². The van der Waals surface area contributed by atoms with E-state index in [0.29, 0.717) is 0 Å². The first kappa shape index (κ1) is 5.56. The molecule has 2 heterocycles. The Morgan fingerprint density at radius 1 is 1.18 bits per heavy atom. The molecule has 0 spiro atoms. The lowest BCUT2D eigenvalue weighted by atomic mass is 10.1. The lowest BCUT2D eigenvalue weighted by Crippen LogP contribution is -1.90. The maximum absolute atomic E-state index is 5.87. The van der Waals surface area contributed by atoms with Gasteiger partial charge in [0.15, 0.2) is 0 Å². The second kappa shape index (κ2) is 1.56.